The minimum absolute atomic E-state index is 0.534. The monoisotopic (exact) mass is 327 g/mol. The molecule has 2 rings (SSSR count). The lowest BCUT2D eigenvalue weighted by atomic mass is 10.0. The summed E-state index contributed by atoms with van der Waals surface area (Å²) in [6.45, 7) is 3.94. The van der Waals surface area contributed by atoms with Crippen LogP contribution in [0.5, 0.6) is 0 Å². The van der Waals surface area contributed by atoms with Crippen LogP contribution in [-0.4, -0.2) is 41.3 Å². The maximum absolute atomic E-state index is 10.3. The molecule has 0 radical (unpaired) electrons. The molecule has 0 saturated carbocycles. The molecule has 0 spiro atoms. The maximum Gasteiger partial charge on any atom is 0.191 e. The van der Waals surface area contributed by atoms with Crippen LogP contribution in [0.25, 0.3) is 0 Å². The van der Waals surface area contributed by atoms with Crippen LogP contribution in [0.4, 0.5) is 0 Å². The summed E-state index contributed by atoms with van der Waals surface area (Å²) in [5.41, 5.74) is 0.493. The van der Waals surface area contributed by atoms with Crippen LogP contribution in [0.15, 0.2) is 29.3 Å². The Hall–Kier alpha value is -0.910. The lowest BCUT2D eigenvalue weighted by molar-refractivity contribution is 0.0724. The van der Waals surface area contributed by atoms with Crippen LogP contribution in [0, 0.1) is 0 Å². The molecule has 0 bridgehead atoms. The van der Waals surface area contributed by atoms with Crippen molar-refractivity contribution in [2.75, 3.05) is 24.6 Å². The highest BCUT2D eigenvalue weighted by Gasteiger charge is 2.31. The highest BCUT2D eigenvalue weighted by molar-refractivity contribution is 7.99. The largest absolute Gasteiger partial charge is 0.387 e. The van der Waals surface area contributed by atoms with Crippen molar-refractivity contribution in [3.63, 3.8) is 0 Å². The Labute approximate surface area is 135 Å². The number of benzene rings is 1. The first-order valence-corrected chi connectivity index (χ1v) is 8.71. The first-order valence-electron chi connectivity index (χ1n) is 7.18. The van der Waals surface area contributed by atoms with Crippen molar-refractivity contribution in [3.8, 4) is 0 Å². The van der Waals surface area contributed by atoms with Crippen molar-refractivity contribution in [1.82, 2.24) is 10.6 Å². The first-order chi connectivity index (χ1) is 10.1. The minimum atomic E-state index is -0.610. The smallest absolute Gasteiger partial charge is 0.191 e. The number of nitrogens with zero attached hydrogens (tertiary/aromatic N) is 1. The van der Waals surface area contributed by atoms with E-state index in [1.54, 1.807) is 11.8 Å². The summed E-state index contributed by atoms with van der Waals surface area (Å²) in [4.78, 5) is 4.54. The molecule has 3 N–H and O–H groups in total. The van der Waals surface area contributed by atoms with Crippen molar-refractivity contribution < 1.29 is 5.11 Å². The Bertz CT molecular complexity index is 472. The lowest BCUT2D eigenvalue weighted by Crippen LogP contribution is -2.47. The predicted molar refractivity (Wildman–Crippen MR) is 91.2 cm³/mol. The molecule has 116 valence electrons. The van der Waals surface area contributed by atoms with E-state index < -0.39 is 5.60 Å². The summed E-state index contributed by atoms with van der Waals surface area (Å²) < 4.78 is 0. The summed E-state index contributed by atoms with van der Waals surface area (Å²) in [6.07, 6.45) is 0.835. The number of nitrogens with one attached hydrogen (secondary N) is 2. The average Bonchev–Trinajstić information content (AvgIpc) is 2.91. The number of aliphatic imine (C=N–C) groups is 1. The number of hydrogen-bond acceptors (Lipinski definition) is 3. The first kappa shape index (κ1) is 16.5. The van der Waals surface area contributed by atoms with Gasteiger partial charge in [0.1, 0.15) is 0 Å². The number of thioether (sulfide) groups is 1. The van der Waals surface area contributed by atoms with Crippen molar-refractivity contribution in [2.24, 2.45) is 4.99 Å². The van der Waals surface area contributed by atoms with E-state index in [-0.39, 0.29) is 0 Å². The third-order valence-electron chi connectivity index (χ3n) is 3.34. The summed E-state index contributed by atoms with van der Waals surface area (Å²) in [5.74, 6) is 2.55. The zero-order valence-corrected chi connectivity index (χ0v) is 13.8. The Morgan fingerprint density at radius 2 is 2.14 bits per heavy atom. The van der Waals surface area contributed by atoms with Gasteiger partial charge in [0.25, 0.3) is 0 Å². The zero-order valence-electron chi connectivity index (χ0n) is 12.2. The second-order valence-corrected chi connectivity index (χ2v) is 6.74. The van der Waals surface area contributed by atoms with Gasteiger partial charge in [-0.25, -0.2) is 4.99 Å². The van der Waals surface area contributed by atoms with Gasteiger partial charge < -0.3 is 15.7 Å². The molecule has 1 aliphatic rings. The maximum atomic E-state index is 10.3. The van der Waals surface area contributed by atoms with Gasteiger partial charge in [0.2, 0.25) is 0 Å². The molecule has 1 aliphatic heterocycles. The van der Waals surface area contributed by atoms with Crippen molar-refractivity contribution in [1.29, 1.82) is 0 Å². The van der Waals surface area contributed by atoms with Gasteiger partial charge in [0, 0.05) is 23.9 Å². The van der Waals surface area contributed by atoms with Gasteiger partial charge in [-0.15, -0.1) is 0 Å². The van der Waals surface area contributed by atoms with Crippen molar-refractivity contribution in [3.05, 3.63) is 34.9 Å². The van der Waals surface area contributed by atoms with Gasteiger partial charge in [-0.2, -0.15) is 11.8 Å². The third-order valence-corrected chi connectivity index (χ3v) is 4.83. The van der Waals surface area contributed by atoms with E-state index in [0.29, 0.717) is 13.1 Å². The molecular weight excluding hydrogens is 306 g/mol. The standard InChI is InChI=1S/C15H22ClN3OS/c1-2-17-14(19-10-15(20)7-8-21-11-15)18-9-12-3-5-13(16)6-4-12/h3-6,20H,2,7-11H2,1H3,(H2,17,18,19). The van der Waals surface area contributed by atoms with E-state index in [1.165, 1.54) is 0 Å². The molecule has 1 unspecified atom stereocenters. The molecule has 1 aromatic carbocycles. The number of halogens is 1. The molecule has 1 saturated heterocycles. The molecule has 1 aromatic rings. The van der Waals surface area contributed by atoms with Crippen molar-refractivity contribution >= 4 is 29.3 Å². The van der Waals surface area contributed by atoms with E-state index >= 15 is 0 Å². The molecule has 1 atom stereocenters. The normalized spacial score (nSPS) is 22.3. The van der Waals surface area contributed by atoms with Crippen LogP contribution in [0.1, 0.15) is 18.9 Å². The van der Waals surface area contributed by atoms with E-state index in [0.717, 1.165) is 41.0 Å². The molecule has 4 nitrogen and oxygen atoms in total. The molecule has 0 aliphatic carbocycles. The second-order valence-electron chi connectivity index (χ2n) is 5.20. The summed E-state index contributed by atoms with van der Waals surface area (Å²) in [7, 11) is 0. The van der Waals surface area contributed by atoms with Crippen molar-refractivity contribution in [2.45, 2.75) is 25.5 Å². The SMILES string of the molecule is CCNC(=NCc1ccc(Cl)cc1)NCC1(O)CCSC1. The third kappa shape index (κ3) is 5.41. The fraction of sp³-hybridized carbons (Fsp3) is 0.533. The molecule has 0 amide bonds. The summed E-state index contributed by atoms with van der Waals surface area (Å²) in [6, 6.07) is 7.67. The van der Waals surface area contributed by atoms with Gasteiger partial charge in [0.15, 0.2) is 5.96 Å². The van der Waals surface area contributed by atoms with Crippen LogP contribution >= 0.6 is 23.4 Å². The summed E-state index contributed by atoms with van der Waals surface area (Å²) >= 11 is 7.67. The lowest BCUT2D eigenvalue weighted by Gasteiger charge is -2.23. The Kier molecular flexibility index (Phi) is 6.21. The molecule has 1 fully saturated rings. The van der Waals surface area contributed by atoms with E-state index in [2.05, 4.69) is 15.6 Å². The number of hydrogen-bond donors (Lipinski definition) is 3. The number of guanidine groups is 1. The van der Waals surface area contributed by atoms with E-state index in [1.807, 2.05) is 31.2 Å². The Morgan fingerprint density at radius 3 is 2.76 bits per heavy atom. The number of aliphatic hydroxyl groups is 1. The number of rotatable bonds is 5. The molecule has 21 heavy (non-hydrogen) atoms. The highest BCUT2D eigenvalue weighted by atomic mass is 35.5. The van der Waals surface area contributed by atoms with Gasteiger partial charge in [-0.3, -0.25) is 0 Å². The fourth-order valence-electron chi connectivity index (χ4n) is 2.09. The van der Waals surface area contributed by atoms with Gasteiger partial charge in [0.05, 0.1) is 12.1 Å². The zero-order chi connectivity index (χ0) is 15.1. The van der Waals surface area contributed by atoms with Crippen LogP contribution in [-0.2, 0) is 6.54 Å². The predicted octanol–water partition coefficient (Wildman–Crippen LogP) is 2.26. The summed E-state index contributed by atoms with van der Waals surface area (Å²) in [5, 5.41) is 17.5. The highest BCUT2D eigenvalue weighted by Crippen LogP contribution is 2.26. The Morgan fingerprint density at radius 1 is 1.38 bits per heavy atom. The second kappa shape index (κ2) is 7.92. The van der Waals surface area contributed by atoms with E-state index in [9.17, 15) is 5.11 Å². The topological polar surface area (TPSA) is 56.7 Å². The average molecular weight is 328 g/mol. The quantitative estimate of drug-likeness (QED) is 0.573. The fourth-order valence-corrected chi connectivity index (χ4v) is 3.51. The van der Waals surface area contributed by atoms with Gasteiger partial charge >= 0.3 is 0 Å². The molecule has 6 heteroatoms. The minimum Gasteiger partial charge on any atom is -0.387 e. The molecular formula is C15H22ClN3OS. The van der Waals surface area contributed by atoms with Gasteiger partial charge in [-0.05, 0) is 36.8 Å². The Balaban J connectivity index is 1.90. The molecule has 0 aromatic heterocycles. The van der Waals surface area contributed by atoms with Crippen LogP contribution < -0.4 is 10.6 Å². The molecule has 1 heterocycles. The van der Waals surface area contributed by atoms with Crippen LogP contribution in [0.2, 0.25) is 5.02 Å². The van der Waals surface area contributed by atoms with E-state index in [4.69, 9.17) is 11.6 Å². The van der Waals surface area contributed by atoms with Crippen LogP contribution in [0.3, 0.4) is 0 Å². The van der Waals surface area contributed by atoms with Gasteiger partial charge in [-0.1, -0.05) is 23.7 Å².